The van der Waals surface area contributed by atoms with Crippen LogP contribution >= 0.6 is 12.6 Å². The van der Waals surface area contributed by atoms with Gasteiger partial charge in [0.05, 0.1) is 0 Å². The smallest absolute Gasteiger partial charge is 0.349 e. The van der Waals surface area contributed by atoms with Crippen molar-refractivity contribution in [3.63, 3.8) is 0 Å². The van der Waals surface area contributed by atoms with Crippen LogP contribution in [0.1, 0.15) is 50.7 Å². The Bertz CT molecular complexity index is 531. The van der Waals surface area contributed by atoms with E-state index in [9.17, 15) is 9.59 Å². The first kappa shape index (κ1) is 19.5. The highest BCUT2D eigenvalue weighted by atomic mass is 32.1. The zero-order valence-corrected chi connectivity index (χ0v) is 14.9. The lowest BCUT2D eigenvalue weighted by Crippen LogP contribution is -2.35. The van der Waals surface area contributed by atoms with Gasteiger partial charge in [0.25, 0.3) is 0 Å². The van der Waals surface area contributed by atoms with Crippen LogP contribution in [0.15, 0.2) is 18.2 Å². The molecule has 0 amide bonds. The average molecular weight is 339 g/mol. The fourth-order valence-electron chi connectivity index (χ4n) is 2.06. The molecule has 0 aromatic heterocycles. The summed E-state index contributed by atoms with van der Waals surface area (Å²) in [5.41, 5.74) is 7.37. The summed E-state index contributed by atoms with van der Waals surface area (Å²) in [4.78, 5) is 23.5. The molecule has 6 heteroatoms. The van der Waals surface area contributed by atoms with Gasteiger partial charge in [-0.1, -0.05) is 45.9 Å². The largest absolute Gasteiger partial charge is 0.452 e. The highest BCUT2D eigenvalue weighted by Gasteiger charge is 2.20. The van der Waals surface area contributed by atoms with Crippen LogP contribution in [-0.2, 0) is 14.3 Å². The van der Waals surface area contributed by atoms with Gasteiger partial charge in [-0.15, -0.1) is 0 Å². The Balaban J connectivity index is 2.87. The molecule has 0 spiro atoms. The molecule has 0 aliphatic carbocycles. The molecular formula is C17H25NO4S. The summed E-state index contributed by atoms with van der Waals surface area (Å²) in [5.74, 6) is -0.176. The molecule has 1 atom stereocenters. The molecule has 2 N–H and O–H groups in total. The van der Waals surface area contributed by atoms with Gasteiger partial charge < -0.3 is 15.2 Å². The number of ether oxygens (including phenoxy) is 2. The molecule has 0 fully saturated rings. The Morgan fingerprint density at radius 2 is 1.65 bits per heavy atom. The van der Waals surface area contributed by atoms with Crippen LogP contribution in [0.25, 0.3) is 0 Å². The number of carbonyl (C=O) groups is 2. The number of para-hydroxylation sites is 1. The van der Waals surface area contributed by atoms with E-state index in [1.54, 1.807) is 0 Å². The van der Waals surface area contributed by atoms with Crippen molar-refractivity contribution in [2.75, 3.05) is 12.4 Å². The minimum atomic E-state index is -0.847. The topological polar surface area (TPSA) is 78.6 Å². The Morgan fingerprint density at radius 1 is 1.13 bits per heavy atom. The number of nitrogens with two attached hydrogens (primary N) is 1. The average Bonchev–Trinajstić information content (AvgIpc) is 2.51. The summed E-state index contributed by atoms with van der Waals surface area (Å²) in [6.07, 6.45) is 0. The second kappa shape index (κ2) is 8.93. The molecule has 128 valence electrons. The maximum absolute atomic E-state index is 12.0. The molecule has 0 saturated heterocycles. The summed E-state index contributed by atoms with van der Waals surface area (Å²) < 4.78 is 10.3. The lowest BCUT2D eigenvalue weighted by molar-refractivity contribution is -0.154. The minimum Gasteiger partial charge on any atom is -0.452 e. The third kappa shape index (κ3) is 5.55. The van der Waals surface area contributed by atoms with Gasteiger partial charge in [-0.2, -0.15) is 12.6 Å². The monoisotopic (exact) mass is 339 g/mol. The molecule has 1 aromatic carbocycles. The van der Waals surface area contributed by atoms with Gasteiger partial charge in [0.2, 0.25) is 0 Å². The maximum Gasteiger partial charge on any atom is 0.349 e. The first-order chi connectivity index (χ1) is 10.8. The van der Waals surface area contributed by atoms with Gasteiger partial charge >= 0.3 is 11.9 Å². The summed E-state index contributed by atoms with van der Waals surface area (Å²) in [6, 6.07) is 4.97. The van der Waals surface area contributed by atoms with E-state index in [1.807, 2.05) is 45.9 Å². The Labute approximate surface area is 142 Å². The van der Waals surface area contributed by atoms with Gasteiger partial charge in [-0.3, -0.25) is 4.79 Å². The molecule has 5 nitrogen and oxygen atoms in total. The van der Waals surface area contributed by atoms with E-state index in [1.165, 1.54) is 0 Å². The van der Waals surface area contributed by atoms with Crippen molar-refractivity contribution < 1.29 is 19.1 Å². The highest BCUT2D eigenvalue weighted by Crippen LogP contribution is 2.34. The number of thiol groups is 1. The van der Waals surface area contributed by atoms with Crippen molar-refractivity contribution in [2.24, 2.45) is 5.73 Å². The zero-order chi connectivity index (χ0) is 17.6. The van der Waals surface area contributed by atoms with Crippen molar-refractivity contribution >= 4 is 24.6 Å². The first-order valence-electron chi connectivity index (χ1n) is 7.64. The fraction of sp³-hybridized carbons (Fsp3) is 0.529. The Kier molecular flexibility index (Phi) is 7.58. The molecule has 0 aliphatic heterocycles. The lowest BCUT2D eigenvalue weighted by atomic mass is 9.94. The van der Waals surface area contributed by atoms with E-state index in [0.29, 0.717) is 5.75 Å². The van der Waals surface area contributed by atoms with E-state index in [4.69, 9.17) is 15.2 Å². The Hall–Kier alpha value is -1.53. The Morgan fingerprint density at radius 3 is 2.09 bits per heavy atom. The van der Waals surface area contributed by atoms with Crippen molar-refractivity contribution in [1.82, 2.24) is 0 Å². The van der Waals surface area contributed by atoms with Gasteiger partial charge in [-0.05, 0) is 23.0 Å². The van der Waals surface area contributed by atoms with Crippen molar-refractivity contribution in [3.8, 4) is 5.75 Å². The molecule has 0 bridgehead atoms. The third-order valence-electron chi connectivity index (χ3n) is 3.37. The SMILES string of the molecule is CC(C)c1cccc(C(C)C)c1OC(=O)COC(=O)C(N)CS. The number of benzene rings is 1. The molecular weight excluding hydrogens is 314 g/mol. The summed E-state index contributed by atoms with van der Waals surface area (Å²) in [5, 5.41) is 0. The van der Waals surface area contributed by atoms with E-state index >= 15 is 0 Å². The third-order valence-corrected chi connectivity index (χ3v) is 3.76. The standard InChI is InChI=1S/C17H25NO4S/c1-10(2)12-6-5-7-13(11(3)4)16(12)22-15(19)8-21-17(20)14(18)9-23/h5-7,10-11,14,23H,8-9,18H2,1-4H3. The minimum absolute atomic E-state index is 0.154. The maximum atomic E-state index is 12.0. The molecule has 1 rings (SSSR count). The highest BCUT2D eigenvalue weighted by molar-refractivity contribution is 7.80. The first-order valence-corrected chi connectivity index (χ1v) is 8.27. The van der Waals surface area contributed by atoms with Gasteiger partial charge in [0, 0.05) is 5.75 Å². The predicted octanol–water partition coefficient (Wildman–Crippen LogP) is 2.64. The number of carbonyl (C=O) groups excluding carboxylic acids is 2. The van der Waals surface area contributed by atoms with Crippen LogP contribution in [0.5, 0.6) is 5.75 Å². The van der Waals surface area contributed by atoms with Crippen LogP contribution in [0.3, 0.4) is 0 Å². The van der Waals surface area contributed by atoms with E-state index in [0.717, 1.165) is 11.1 Å². The van der Waals surface area contributed by atoms with Gasteiger partial charge in [0.15, 0.2) is 6.61 Å². The second-order valence-electron chi connectivity index (χ2n) is 5.95. The van der Waals surface area contributed by atoms with Crippen molar-refractivity contribution in [3.05, 3.63) is 29.3 Å². The van der Waals surface area contributed by atoms with Crippen LogP contribution < -0.4 is 10.5 Å². The summed E-state index contributed by atoms with van der Waals surface area (Å²) >= 11 is 3.91. The molecule has 0 aliphatic rings. The van der Waals surface area contributed by atoms with Crippen LogP contribution in [-0.4, -0.2) is 30.3 Å². The molecule has 23 heavy (non-hydrogen) atoms. The van der Waals surface area contributed by atoms with Gasteiger partial charge in [-0.25, -0.2) is 4.79 Å². The summed E-state index contributed by atoms with van der Waals surface area (Å²) in [6.45, 7) is 7.65. The van der Waals surface area contributed by atoms with E-state index < -0.39 is 24.6 Å². The molecule has 1 aromatic rings. The summed E-state index contributed by atoms with van der Waals surface area (Å²) in [7, 11) is 0. The second-order valence-corrected chi connectivity index (χ2v) is 6.31. The number of rotatable bonds is 7. The molecule has 1 unspecified atom stereocenters. The fourth-order valence-corrected chi connectivity index (χ4v) is 2.20. The predicted molar refractivity (Wildman–Crippen MR) is 93.0 cm³/mol. The zero-order valence-electron chi connectivity index (χ0n) is 14.0. The van der Waals surface area contributed by atoms with Gasteiger partial charge in [0.1, 0.15) is 11.8 Å². The molecule has 0 heterocycles. The van der Waals surface area contributed by atoms with Crippen molar-refractivity contribution in [1.29, 1.82) is 0 Å². The van der Waals surface area contributed by atoms with Crippen LogP contribution in [0, 0.1) is 0 Å². The van der Waals surface area contributed by atoms with Crippen LogP contribution in [0.4, 0.5) is 0 Å². The van der Waals surface area contributed by atoms with Crippen molar-refractivity contribution in [2.45, 2.75) is 45.6 Å². The number of esters is 2. The van der Waals surface area contributed by atoms with Crippen LogP contribution in [0.2, 0.25) is 0 Å². The van der Waals surface area contributed by atoms with E-state index in [-0.39, 0.29) is 17.6 Å². The van der Waals surface area contributed by atoms with E-state index in [2.05, 4.69) is 12.6 Å². The normalized spacial score (nSPS) is 12.3. The molecule has 0 saturated carbocycles. The number of hydrogen-bond acceptors (Lipinski definition) is 6. The molecule has 0 radical (unpaired) electrons. The number of hydrogen-bond donors (Lipinski definition) is 2. The quantitative estimate of drug-likeness (QED) is 0.453. The lowest BCUT2D eigenvalue weighted by Gasteiger charge is -2.19.